The van der Waals surface area contributed by atoms with Crippen molar-refractivity contribution in [3.8, 4) is 0 Å². The molecule has 3 nitrogen and oxygen atoms in total. The molecular formula is C13H17FN2O. The lowest BCUT2D eigenvalue weighted by molar-refractivity contribution is 0.0698. The number of likely N-dealkylation sites (N-methyl/N-ethyl adjacent to an activating group) is 1. The molecule has 0 aliphatic carbocycles. The van der Waals surface area contributed by atoms with Crippen LogP contribution in [0.5, 0.6) is 0 Å². The van der Waals surface area contributed by atoms with E-state index in [9.17, 15) is 9.18 Å². The number of likely N-dealkylation sites (tertiary alicyclic amines) is 1. The zero-order valence-corrected chi connectivity index (χ0v) is 9.95. The smallest absolute Gasteiger partial charge is 0.253 e. The maximum absolute atomic E-state index is 12.8. The summed E-state index contributed by atoms with van der Waals surface area (Å²) in [5.74, 6) is -0.321. The second kappa shape index (κ2) is 5.27. The predicted octanol–water partition coefficient (Wildman–Crippen LogP) is 1.65. The minimum Gasteiger partial charge on any atom is -0.337 e. The molecule has 1 aromatic rings. The Morgan fingerprint density at radius 3 is 2.76 bits per heavy atom. The van der Waals surface area contributed by atoms with Gasteiger partial charge in [0.1, 0.15) is 5.82 Å². The number of carbonyl (C=O) groups excluding carboxylic acids is 1. The Balaban J connectivity index is 2.06. The van der Waals surface area contributed by atoms with E-state index in [1.54, 1.807) is 12.1 Å². The monoisotopic (exact) mass is 236 g/mol. The van der Waals surface area contributed by atoms with Crippen molar-refractivity contribution in [2.45, 2.75) is 18.9 Å². The number of nitrogens with one attached hydrogen (secondary N) is 1. The van der Waals surface area contributed by atoms with E-state index in [1.807, 2.05) is 11.9 Å². The fraction of sp³-hybridized carbons (Fsp3) is 0.462. The first-order chi connectivity index (χ1) is 8.20. The van der Waals surface area contributed by atoms with Crippen LogP contribution in [0.3, 0.4) is 0 Å². The van der Waals surface area contributed by atoms with Crippen molar-refractivity contribution in [1.29, 1.82) is 0 Å². The molecule has 0 unspecified atom stereocenters. The zero-order chi connectivity index (χ0) is 12.3. The minimum atomic E-state index is -0.312. The average Bonchev–Trinajstić information content (AvgIpc) is 2.39. The molecule has 0 bridgehead atoms. The summed E-state index contributed by atoms with van der Waals surface area (Å²) in [6, 6.07) is 6.11. The summed E-state index contributed by atoms with van der Waals surface area (Å²) < 4.78 is 12.8. The molecule has 0 saturated carbocycles. The summed E-state index contributed by atoms with van der Waals surface area (Å²) in [6.45, 7) is 1.51. The highest BCUT2D eigenvalue weighted by molar-refractivity contribution is 5.94. The largest absolute Gasteiger partial charge is 0.337 e. The molecule has 4 heteroatoms. The van der Waals surface area contributed by atoms with Crippen LogP contribution in [0.1, 0.15) is 23.2 Å². The molecule has 1 aromatic carbocycles. The highest BCUT2D eigenvalue weighted by atomic mass is 19.1. The molecule has 0 aromatic heterocycles. The van der Waals surface area contributed by atoms with E-state index in [-0.39, 0.29) is 11.7 Å². The summed E-state index contributed by atoms with van der Waals surface area (Å²) in [5.41, 5.74) is 0.558. The summed E-state index contributed by atoms with van der Waals surface area (Å²) in [6.07, 6.45) is 2.11. The van der Waals surface area contributed by atoms with Crippen LogP contribution in [0.25, 0.3) is 0 Å². The van der Waals surface area contributed by atoms with E-state index in [2.05, 4.69) is 5.32 Å². The summed E-state index contributed by atoms with van der Waals surface area (Å²) in [5, 5.41) is 3.20. The second-order valence-corrected chi connectivity index (χ2v) is 4.39. The van der Waals surface area contributed by atoms with E-state index in [0.717, 1.165) is 25.9 Å². The Morgan fingerprint density at radius 1 is 1.41 bits per heavy atom. The molecule has 1 heterocycles. The van der Waals surface area contributed by atoms with Crippen LogP contribution in [0.4, 0.5) is 4.39 Å². The molecular weight excluding hydrogens is 219 g/mol. The molecule has 1 saturated heterocycles. The fourth-order valence-corrected chi connectivity index (χ4v) is 2.17. The first-order valence-electron chi connectivity index (χ1n) is 5.93. The lowest BCUT2D eigenvalue weighted by Gasteiger charge is -2.32. The van der Waals surface area contributed by atoms with Gasteiger partial charge in [-0.25, -0.2) is 4.39 Å². The van der Waals surface area contributed by atoms with E-state index in [1.165, 1.54) is 12.1 Å². The Labute approximate surface area is 101 Å². The maximum atomic E-state index is 12.8. The average molecular weight is 236 g/mol. The highest BCUT2D eigenvalue weighted by Gasteiger charge is 2.23. The molecule has 0 spiro atoms. The van der Waals surface area contributed by atoms with Gasteiger partial charge in [0.05, 0.1) is 0 Å². The summed E-state index contributed by atoms with van der Waals surface area (Å²) >= 11 is 0. The fourth-order valence-electron chi connectivity index (χ4n) is 2.17. The van der Waals surface area contributed by atoms with Crippen LogP contribution < -0.4 is 5.32 Å². The van der Waals surface area contributed by atoms with Crippen LogP contribution >= 0.6 is 0 Å². The Morgan fingerprint density at radius 2 is 2.12 bits per heavy atom. The first-order valence-corrected chi connectivity index (χ1v) is 5.93. The van der Waals surface area contributed by atoms with Gasteiger partial charge >= 0.3 is 0 Å². The van der Waals surface area contributed by atoms with Gasteiger partial charge in [-0.3, -0.25) is 4.79 Å². The van der Waals surface area contributed by atoms with Gasteiger partial charge < -0.3 is 10.2 Å². The molecule has 1 atom stereocenters. The number of rotatable bonds is 2. The number of nitrogens with zero attached hydrogens (tertiary/aromatic N) is 1. The highest BCUT2D eigenvalue weighted by Crippen LogP contribution is 2.14. The van der Waals surface area contributed by atoms with Crippen molar-refractivity contribution < 1.29 is 9.18 Å². The second-order valence-electron chi connectivity index (χ2n) is 4.39. The van der Waals surface area contributed by atoms with Crippen LogP contribution in [0, 0.1) is 5.82 Å². The van der Waals surface area contributed by atoms with Crippen molar-refractivity contribution >= 4 is 5.91 Å². The minimum absolute atomic E-state index is 0.00931. The van der Waals surface area contributed by atoms with Gasteiger partial charge in [-0.15, -0.1) is 0 Å². The van der Waals surface area contributed by atoms with Crippen molar-refractivity contribution in [3.05, 3.63) is 35.6 Å². The lowest BCUT2D eigenvalue weighted by Crippen LogP contribution is -2.46. The molecule has 0 radical (unpaired) electrons. The van der Waals surface area contributed by atoms with Gasteiger partial charge in [0, 0.05) is 24.7 Å². The molecule has 2 rings (SSSR count). The number of hydrogen-bond acceptors (Lipinski definition) is 2. The van der Waals surface area contributed by atoms with Crippen molar-refractivity contribution in [1.82, 2.24) is 10.2 Å². The van der Waals surface area contributed by atoms with Crippen LogP contribution in [0.15, 0.2) is 24.3 Å². The van der Waals surface area contributed by atoms with Crippen molar-refractivity contribution in [2.75, 3.05) is 20.1 Å². The lowest BCUT2D eigenvalue weighted by atomic mass is 10.0. The van der Waals surface area contributed by atoms with Gasteiger partial charge in [-0.1, -0.05) is 0 Å². The van der Waals surface area contributed by atoms with Gasteiger partial charge in [0.25, 0.3) is 5.91 Å². The number of hydrogen-bond donors (Lipinski definition) is 1. The van der Waals surface area contributed by atoms with Gasteiger partial charge in [-0.2, -0.15) is 0 Å². The van der Waals surface area contributed by atoms with E-state index >= 15 is 0 Å². The first kappa shape index (κ1) is 12.0. The third-order valence-corrected chi connectivity index (χ3v) is 3.21. The van der Waals surface area contributed by atoms with Crippen LogP contribution in [-0.4, -0.2) is 37.0 Å². The third-order valence-electron chi connectivity index (χ3n) is 3.21. The summed E-state index contributed by atoms with van der Waals surface area (Å²) in [4.78, 5) is 14.0. The molecule has 1 aliphatic rings. The summed E-state index contributed by atoms with van der Waals surface area (Å²) in [7, 11) is 1.91. The van der Waals surface area contributed by atoms with Crippen LogP contribution in [-0.2, 0) is 0 Å². The zero-order valence-electron chi connectivity index (χ0n) is 9.95. The number of benzene rings is 1. The standard InChI is InChI=1S/C13H17FN2O/c1-15-12-3-2-8-16(9-12)13(17)10-4-6-11(14)7-5-10/h4-7,12,15H,2-3,8-9H2,1H3/t12-/m0/s1. The van der Waals surface area contributed by atoms with E-state index < -0.39 is 0 Å². The van der Waals surface area contributed by atoms with Crippen LogP contribution in [0.2, 0.25) is 0 Å². The van der Waals surface area contributed by atoms with Crippen molar-refractivity contribution in [2.24, 2.45) is 0 Å². The van der Waals surface area contributed by atoms with E-state index in [4.69, 9.17) is 0 Å². The van der Waals surface area contributed by atoms with Gasteiger partial charge in [-0.05, 0) is 44.2 Å². The number of halogens is 1. The quantitative estimate of drug-likeness (QED) is 0.846. The Bertz CT molecular complexity index is 391. The predicted molar refractivity (Wildman–Crippen MR) is 64.4 cm³/mol. The Kier molecular flexibility index (Phi) is 3.74. The maximum Gasteiger partial charge on any atom is 0.253 e. The normalized spacial score (nSPS) is 20.4. The molecule has 1 aliphatic heterocycles. The van der Waals surface area contributed by atoms with Gasteiger partial charge in [0.2, 0.25) is 0 Å². The Hall–Kier alpha value is -1.42. The SMILES string of the molecule is CN[C@H]1CCCN(C(=O)c2ccc(F)cc2)C1. The van der Waals surface area contributed by atoms with Gasteiger partial charge in [0.15, 0.2) is 0 Å². The molecule has 17 heavy (non-hydrogen) atoms. The van der Waals surface area contributed by atoms with E-state index in [0.29, 0.717) is 11.6 Å². The molecule has 1 fully saturated rings. The number of amides is 1. The number of piperidine rings is 1. The molecule has 92 valence electrons. The number of carbonyl (C=O) groups is 1. The molecule has 1 amide bonds. The third kappa shape index (κ3) is 2.82. The van der Waals surface area contributed by atoms with Crippen molar-refractivity contribution in [3.63, 3.8) is 0 Å². The molecule has 1 N–H and O–H groups in total. The topological polar surface area (TPSA) is 32.3 Å².